The number of aliphatic imine (C=N–C) groups is 1. The SMILES string of the molecule is CC1CCN(C(N)=NCC2(C)CC3CCC2O3)CC1.I. The zero-order valence-electron chi connectivity index (χ0n) is 12.7. The number of nitrogens with two attached hydrogens (primary N) is 1. The van der Waals surface area contributed by atoms with Crippen LogP contribution in [0.15, 0.2) is 4.99 Å². The van der Waals surface area contributed by atoms with Crippen molar-refractivity contribution in [3.05, 3.63) is 0 Å². The Morgan fingerprint density at radius 2 is 2.00 bits per heavy atom. The molecule has 0 spiro atoms. The van der Waals surface area contributed by atoms with Gasteiger partial charge in [-0.05, 0) is 38.0 Å². The van der Waals surface area contributed by atoms with Gasteiger partial charge in [0, 0.05) is 18.5 Å². The van der Waals surface area contributed by atoms with E-state index in [0.29, 0.717) is 12.2 Å². The lowest BCUT2D eigenvalue weighted by molar-refractivity contribution is 0.0705. The van der Waals surface area contributed by atoms with Crippen molar-refractivity contribution < 1.29 is 4.74 Å². The molecule has 3 fully saturated rings. The Bertz CT molecular complexity index is 368. The Morgan fingerprint density at radius 3 is 2.55 bits per heavy atom. The molecule has 0 radical (unpaired) electrons. The third-order valence-corrected chi connectivity index (χ3v) is 5.29. The van der Waals surface area contributed by atoms with Gasteiger partial charge in [-0.15, -0.1) is 24.0 Å². The van der Waals surface area contributed by atoms with E-state index in [4.69, 9.17) is 10.5 Å². The molecule has 3 rings (SSSR count). The number of fused-ring (bicyclic) bond motifs is 2. The number of piperidine rings is 1. The Balaban J connectivity index is 0.00000147. The molecule has 116 valence electrons. The minimum atomic E-state index is 0. The number of halogens is 1. The summed E-state index contributed by atoms with van der Waals surface area (Å²) in [4.78, 5) is 6.93. The zero-order chi connectivity index (χ0) is 13.5. The highest BCUT2D eigenvalue weighted by Crippen LogP contribution is 2.47. The molecule has 3 saturated heterocycles. The fourth-order valence-electron chi connectivity index (χ4n) is 3.79. The number of hydrogen-bond acceptors (Lipinski definition) is 2. The van der Waals surface area contributed by atoms with Gasteiger partial charge >= 0.3 is 0 Å². The summed E-state index contributed by atoms with van der Waals surface area (Å²) in [6.45, 7) is 7.59. The molecule has 0 aliphatic carbocycles. The molecule has 3 atom stereocenters. The van der Waals surface area contributed by atoms with Gasteiger partial charge in [0.1, 0.15) is 0 Å². The Hall–Kier alpha value is -0.0400. The van der Waals surface area contributed by atoms with Crippen LogP contribution in [0.25, 0.3) is 0 Å². The topological polar surface area (TPSA) is 50.8 Å². The second kappa shape index (κ2) is 6.38. The first kappa shape index (κ1) is 16.3. The summed E-state index contributed by atoms with van der Waals surface area (Å²) in [6, 6.07) is 0. The van der Waals surface area contributed by atoms with E-state index in [9.17, 15) is 0 Å². The predicted molar refractivity (Wildman–Crippen MR) is 92.5 cm³/mol. The van der Waals surface area contributed by atoms with Crippen molar-refractivity contribution in [3.63, 3.8) is 0 Å². The van der Waals surface area contributed by atoms with Crippen LogP contribution >= 0.6 is 24.0 Å². The summed E-state index contributed by atoms with van der Waals surface area (Å²) in [6.07, 6.45) is 6.98. The Morgan fingerprint density at radius 1 is 1.30 bits per heavy atom. The van der Waals surface area contributed by atoms with Gasteiger partial charge in [-0.3, -0.25) is 4.99 Å². The van der Waals surface area contributed by atoms with Crippen LogP contribution in [0.2, 0.25) is 0 Å². The maximum Gasteiger partial charge on any atom is 0.191 e. The summed E-state index contributed by atoms with van der Waals surface area (Å²) in [5, 5.41) is 0. The minimum absolute atomic E-state index is 0. The molecule has 3 unspecified atom stereocenters. The first-order chi connectivity index (χ1) is 9.07. The molecule has 3 aliphatic rings. The van der Waals surface area contributed by atoms with Gasteiger partial charge in [0.15, 0.2) is 5.96 Å². The molecule has 20 heavy (non-hydrogen) atoms. The molecule has 4 nitrogen and oxygen atoms in total. The molecule has 0 amide bonds. The van der Waals surface area contributed by atoms with Crippen LogP contribution in [-0.4, -0.2) is 42.7 Å². The van der Waals surface area contributed by atoms with Crippen LogP contribution in [0.3, 0.4) is 0 Å². The summed E-state index contributed by atoms with van der Waals surface area (Å²) >= 11 is 0. The van der Waals surface area contributed by atoms with Crippen molar-refractivity contribution in [1.29, 1.82) is 0 Å². The maximum atomic E-state index is 6.16. The van der Waals surface area contributed by atoms with E-state index in [1.54, 1.807) is 0 Å². The second-order valence-electron chi connectivity index (χ2n) is 7.03. The number of likely N-dealkylation sites (tertiary alicyclic amines) is 1. The number of nitrogens with zero attached hydrogens (tertiary/aromatic N) is 2. The molecule has 0 aromatic rings. The standard InChI is InChI=1S/C15H27N3O.HI/c1-11-5-7-18(8-6-11)14(16)17-10-15(2)9-12-3-4-13(15)19-12;/h11-13H,3-10H2,1-2H3,(H2,16,17);1H. The van der Waals surface area contributed by atoms with Crippen LogP contribution in [0.1, 0.15) is 46.0 Å². The van der Waals surface area contributed by atoms with Crippen molar-refractivity contribution in [2.45, 2.75) is 58.2 Å². The third kappa shape index (κ3) is 3.24. The Labute approximate surface area is 139 Å². The van der Waals surface area contributed by atoms with Crippen molar-refractivity contribution in [1.82, 2.24) is 4.90 Å². The summed E-state index contributed by atoms with van der Waals surface area (Å²) < 4.78 is 5.96. The largest absolute Gasteiger partial charge is 0.374 e. The van der Waals surface area contributed by atoms with Crippen molar-refractivity contribution >= 4 is 29.9 Å². The molecular weight excluding hydrogens is 365 g/mol. The predicted octanol–water partition coefficient (Wildman–Crippen LogP) is 2.61. The van der Waals surface area contributed by atoms with Gasteiger partial charge in [0.2, 0.25) is 0 Å². The van der Waals surface area contributed by atoms with E-state index in [0.717, 1.165) is 37.9 Å². The molecule has 2 bridgehead atoms. The Kier molecular flexibility index (Phi) is 5.21. The van der Waals surface area contributed by atoms with Gasteiger partial charge in [0.05, 0.1) is 18.8 Å². The van der Waals surface area contributed by atoms with Crippen LogP contribution in [0.5, 0.6) is 0 Å². The lowest BCUT2D eigenvalue weighted by atomic mass is 9.76. The average Bonchev–Trinajstić information content (AvgIpc) is 2.97. The van der Waals surface area contributed by atoms with Gasteiger partial charge in [0.25, 0.3) is 0 Å². The number of ether oxygens (including phenoxy) is 1. The molecule has 3 aliphatic heterocycles. The summed E-state index contributed by atoms with van der Waals surface area (Å²) in [5.74, 6) is 1.58. The second-order valence-corrected chi connectivity index (χ2v) is 7.03. The van der Waals surface area contributed by atoms with E-state index >= 15 is 0 Å². The molecule has 0 saturated carbocycles. The molecule has 2 N–H and O–H groups in total. The van der Waals surface area contributed by atoms with E-state index in [2.05, 4.69) is 23.7 Å². The lowest BCUT2D eigenvalue weighted by Crippen LogP contribution is -2.43. The third-order valence-electron chi connectivity index (χ3n) is 5.29. The van der Waals surface area contributed by atoms with Gasteiger partial charge in [-0.25, -0.2) is 0 Å². The minimum Gasteiger partial charge on any atom is -0.374 e. The van der Waals surface area contributed by atoms with Crippen LogP contribution in [0.4, 0.5) is 0 Å². The van der Waals surface area contributed by atoms with E-state index in [1.165, 1.54) is 25.7 Å². The van der Waals surface area contributed by atoms with E-state index < -0.39 is 0 Å². The zero-order valence-corrected chi connectivity index (χ0v) is 15.0. The average molecular weight is 393 g/mol. The number of rotatable bonds is 2. The lowest BCUT2D eigenvalue weighted by Gasteiger charge is -2.33. The highest BCUT2D eigenvalue weighted by atomic mass is 127. The molecule has 0 aromatic carbocycles. The highest BCUT2D eigenvalue weighted by Gasteiger charge is 2.49. The van der Waals surface area contributed by atoms with Crippen LogP contribution in [0, 0.1) is 11.3 Å². The maximum absolute atomic E-state index is 6.16. The van der Waals surface area contributed by atoms with Gasteiger partial charge < -0.3 is 15.4 Å². The summed E-state index contributed by atoms with van der Waals surface area (Å²) in [7, 11) is 0. The normalized spacial score (nSPS) is 38.1. The quantitative estimate of drug-likeness (QED) is 0.446. The number of hydrogen-bond donors (Lipinski definition) is 1. The fourth-order valence-corrected chi connectivity index (χ4v) is 3.79. The monoisotopic (exact) mass is 393 g/mol. The van der Waals surface area contributed by atoms with Crippen molar-refractivity contribution in [2.75, 3.05) is 19.6 Å². The van der Waals surface area contributed by atoms with E-state index in [-0.39, 0.29) is 29.4 Å². The van der Waals surface area contributed by atoms with Gasteiger partial charge in [-0.2, -0.15) is 0 Å². The van der Waals surface area contributed by atoms with Crippen LogP contribution in [-0.2, 0) is 4.74 Å². The first-order valence-corrected chi connectivity index (χ1v) is 7.77. The van der Waals surface area contributed by atoms with Gasteiger partial charge in [-0.1, -0.05) is 13.8 Å². The fraction of sp³-hybridized carbons (Fsp3) is 0.933. The van der Waals surface area contributed by atoms with Crippen molar-refractivity contribution in [2.24, 2.45) is 22.1 Å². The van der Waals surface area contributed by atoms with Crippen molar-refractivity contribution in [3.8, 4) is 0 Å². The molecular formula is C15H28IN3O. The highest BCUT2D eigenvalue weighted by molar-refractivity contribution is 14.0. The molecule has 0 aromatic heterocycles. The first-order valence-electron chi connectivity index (χ1n) is 7.77. The number of guanidine groups is 1. The smallest absolute Gasteiger partial charge is 0.191 e. The summed E-state index contributed by atoms with van der Waals surface area (Å²) in [5.41, 5.74) is 6.38. The molecule has 3 heterocycles. The van der Waals surface area contributed by atoms with Crippen LogP contribution < -0.4 is 5.73 Å². The molecule has 5 heteroatoms. The van der Waals surface area contributed by atoms with E-state index in [1.807, 2.05) is 0 Å².